The lowest BCUT2D eigenvalue weighted by molar-refractivity contribution is 0.0890. The summed E-state index contributed by atoms with van der Waals surface area (Å²) < 4.78 is 12.0. The Bertz CT molecular complexity index is 675. The van der Waals surface area contributed by atoms with Crippen LogP contribution in [0.3, 0.4) is 0 Å². The van der Waals surface area contributed by atoms with Gasteiger partial charge in [-0.3, -0.25) is 4.79 Å². The Kier molecular flexibility index (Phi) is 7.28. The van der Waals surface area contributed by atoms with E-state index in [0.29, 0.717) is 24.5 Å². The number of carbonyl (C=O) groups is 1. The van der Waals surface area contributed by atoms with Crippen molar-refractivity contribution in [3.63, 3.8) is 0 Å². The molecule has 1 unspecified atom stereocenters. The van der Waals surface area contributed by atoms with Gasteiger partial charge >= 0.3 is 0 Å². The second-order valence-corrected chi connectivity index (χ2v) is 6.26. The third-order valence-corrected chi connectivity index (χ3v) is 4.44. The molecule has 0 aliphatic carbocycles. The van der Waals surface area contributed by atoms with Crippen LogP contribution in [0.5, 0.6) is 5.75 Å². The summed E-state index contributed by atoms with van der Waals surface area (Å²) in [4.78, 5) is 12.5. The van der Waals surface area contributed by atoms with Gasteiger partial charge in [0, 0.05) is 17.1 Å². The van der Waals surface area contributed by atoms with E-state index in [9.17, 15) is 4.79 Å². The van der Waals surface area contributed by atoms with Gasteiger partial charge in [-0.25, -0.2) is 0 Å². The lowest BCUT2D eigenvalue weighted by Gasteiger charge is -2.17. The zero-order chi connectivity index (χ0) is 17.4. The quantitative estimate of drug-likeness (QED) is 0.733. The number of hydrogen-bond donors (Lipinski definition) is 1. The molecule has 0 radical (unpaired) electrons. The highest BCUT2D eigenvalue weighted by molar-refractivity contribution is 9.10. The minimum absolute atomic E-state index is 0.0150. The van der Waals surface area contributed by atoms with Gasteiger partial charge in [-0.1, -0.05) is 53.2 Å². The van der Waals surface area contributed by atoms with E-state index >= 15 is 0 Å². The molecule has 0 aliphatic heterocycles. The van der Waals surface area contributed by atoms with E-state index in [2.05, 4.69) is 21.2 Å². The number of benzene rings is 2. The summed E-state index contributed by atoms with van der Waals surface area (Å²) in [5.41, 5.74) is 1.55. The summed E-state index contributed by atoms with van der Waals surface area (Å²) in [7, 11) is 1.63. The smallest absolute Gasteiger partial charge is 0.255 e. The van der Waals surface area contributed by atoms with Crippen LogP contribution >= 0.6 is 15.9 Å². The number of carbonyl (C=O) groups excluding carboxylic acids is 1. The molecule has 0 saturated carbocycles. The van der Waals surface area contributed by atoms with Gasteiger partial charge in [0.05, 0.1) is 18.2 Å². The topological polar surface area (TPSA) is 47.6 Å². The lowest BCUT2D eigenvalue weighted by Crippen LogP contribution is -2.37. The van der Waals surface area contributed by atoms with Crippen LogP contribution in [0.25, 0.3) is 0 Å². The molecule has 0 bridgehead atoms. The van der Waals surface area contributed by atoms with Crippen molar-refractivity contribution in [3.05, 3.63) is 64.1 Å². The van der Waals surface area contributed by atoms with Gasteiger partial charge in [-0.05, 0) is 24.6 Å². The molecule has 2 aromatic carbocycles. The number of amides is 1. The van der Waals surface area contributed by atoms with Crippen LogP contribution in [0, 0.1) is 0 Å². The molecule has 0 saturated heterocycles. The number of para-hydroxylation sites is 1. The van der Waals surface area contributed by atoms with E-state index in [0.717, 1.165) is 16.5 Å². The van der Waals surface area contributed by atoms with Crippen molar-refractivity contribution < 1.29 is 14.3 Å². The van der Waals surface area contributed by atoms with Crippen molar-refractivity contribution >= 4 is 21.8 Å². The summed E-state index contributed by atoms with van der Waals surface area (Å²) in [5, 5.41) is 2.98. The van der Waals surface area contributed by atoms with E-state index < -0.39 is 0 Å². The first kappa shape index (κ1) is 18.5. The van der Waals surface area contributed by atoms with Crippen LogP contribution in [-0.2, 0) is 11.3 Å². The predicted octanol–water partition coefficient (Wildman–Crippen LogP) is 4.18. The number of rotatable bonds is 8. The third-order valence-electron chi connectivity index (χ3n) is 3.67. The highest BCUT2D eigenvalue weighted by atomic mass is 79.9. The van der Waals surface area contributed by atoms with Gasteiger partial charge in [0.15, 0.2) is 0 Å². The summed E-state index contributed by atoms with van der Waals surface area (Å²) in [6.07, 6.45) is 0.805. The van der Waals surface area contributed by atoms with Crippen molar-refractivity contribution in [3.8, 4) is 5.75 Å². The number of hydrogen-bond acceptors (Lipinski definition) is 3. The van der Waals surface area contributed by atoms with Gasteiger partial charge in [-0.15, -0.1) is 0 Å². The van der Waals surface area contributed by atoms with Gasteiger partial charge in [-0.2, -0.15) is 0 Å². The first-order valence-electron chi connectivity index (χ1n) is 7.90. The summed E-state index contributed by atoms with van der Waals surface area (Å²) in [6, 6.07) is 15.1. The number of halogens is 1. The van der Waals surface area contributed by atoms with Gasteiger partial charge in [0.2, 0.25) is 0 Å². The van der Waals surface area contributed by atoms with Gasteiger partial charge in [0.25, 0.3) is 5.91 Å². The van der Waals surface area contributed by atoms with Crippen LogP contribution in [-0.4, -0.2) is 25.7 Å². The molecule has 24 heavy (non-hydrogen) atoms. The average molecular weight is 392 g/mol. The highest BCUT2D eigenvalue weighted by Gasteiger charge is 2.16. The average Bonchev–Trinajstić information content (AvgIpc) is 2.60. The Labute approximate surface area is 151 Å². The summed E-state index contributed by atoms with van der Waals surface area (Å²) in [5.74, 6) is 0.416. The van der Waals surface area contributed by atoms with Crippen LogP contribution in [0.2, 0.25) is 0 Å². The van der Waals surface area contributed by atoms with Crippen molar-refractivity contribution in [1.29, 1.82) is 0 Å². The van der Waals surface area contributed by atoms with E-state index in [1.54, 1.807) is 13.2 Å². The molecule has 1 amide bonds. The molecule has 0 heterocycles. The second kappa shape index (κ2) is 9.45. The molecule has 0 aromatic heterocycles. The molecule has 0 aliphatic rings. The van der Waals surface area contributed by atoms with E-state index in [1.165, 1.54) is 0 Å². The molecule has 5 heteroatoms. The molecule has 1 atom stereocenters. The molecule has 128 valence electrons. The maximum Gasteiger partial charge on any atom is 0.255 e. The highest BCUT2D eigenvalue weighted by Crippen LogP contribution is 2.22. The van der Waals surface area contributed by atoms with Gasteiger partial charge < -0.3 is 14.8 Å². The number of ether oxygens (including phenoxy) is 2. The Morgan fingerprint density at radius 1 is 1.17 bits per heavy atom. The third kappa shape index (κ3) is 5.08. The van der Waals surface area contributed by atoms with Crippen LogP contribution in [0.1, 0.15) is 29.3 Å². The van der Waals surface area contributed by atoms with E-state index in [4.69, 9.17) is 9.47 Å². The molecule has 2 aromatic rings. The van der Waals surface area contributed by atoms with Crippen molar-refractivity contribution in [1.82, 2.24) is 5.32 Å². The molecular formula is C19H22BrNO3. The molecule has 1 N–H and O–H groups in total. The predicted molar refractivity (Wildman–Crippen MR) is 98.3 cm³/mol. The lowest BCUT2D eigenvalue weighted by atomic mass is 10.1. The Hall–Kier alpha value is -1.85. The fourth-order valence-electron chi connectivity index (χ4n) is 2.28. The number of methoxy groups -OCH3 is 1. The van der Waals surface area contributed by atoms with Crippen molar-refractivity contribution in [2.45, 2.75) is 26.0 Å². The fourth-order valence-corrected chi connectivity index (χ4v) is 2.68. The largest absolute Gasteiger partial charge is 0.488 e. The van der Waals surface area contributed by atoms with Crippen LogP contribution < -0.4 is 10.1 Å². The van der Waals surface area contributed by atoms with Gasteiger partial charge in [0.1, 0.15) is 12.4 Å². The minimum atomic E-state index is -0.151. The fraction of sp³-hybridized carbons (Fsp3) is 0.316. The summed E-state index contributed by atoms with van der Waals surface area (Å²) >= 11 is 3.50. The second-order valence-electron chi connectivity index (χ2n) is 5.41. The van der Waals surface area contributed by atoms with Crippen LogP contribution in [0.15, 0.2) is 53.0 Å². The minimum Gasteiger partial charge on any atom is -0.488 e. The maximum absolute atomic E-state index is 12.5. The summed E-state index contributed by atoms with van der Waals surface area (Å²) in [6.45, 7) is 2.89. The maximum atomic E-state index is 12.5. The molecule has 2 rings (SSSR count). The molecule has 0 spiro atoms. The normalized spacial score (nSPS) is 11.8. The SMILES string of the molecule is CCC(COC)NC(=O)c1ccccc1OCc1ccccc1Br. The molecule has 4 nitrogen and oxygen atoms in total. The first-order chi connectivity index (χ1) is 11.7. The molecule has 0 fully saturated rings. The zero-order valence-electron chi connectivity index (χ0n) is 13.9. The van der Waals surface area contributed by atoms with Crippen molar-refractivity contribution in [2.24, 2.45) is 0 Å². The molecular weight excluding hydrogens is 370 g/mol. The Morgan fingerprint density at radius 3 is 2.58 bits per heavy atom. The van der Waals surface area contributed by atoms with E-state index in [-0.39, 0.29) is 11.9 Å². The monoisotopic (exact) mass is 391 g/mol. The Balaban J connectivity index is 2.09. The van der Waals surface area contributed by atoms with Crippen LogP contribution in [0.4, 0.5) is 0 Å². The van der Waals surface area contributed by atoms with Crippen molar-refractivity contribution in [2.75, 3.05) is 13.7 Å². The Morgan fingerprint density at radius 2 is 1.88 bits per heavy atom. The van der Waals surface area contributed by atoms with E-state index in [1.807, 2.05) is 49.4 Å². The zero-order valence-corrected chi connectivity index (χ0v) is 15.5. The standard InChI is InChI=1S/C19H22BrNO3/c1-3-15(13-23-2)21-19(22)16-9-5-7-11-18(16)24-12-14-8-4-6-10-17(14)20/h4-11,15H,3,12-13H2,1-2H3,(H,21,22). The number of nitrogens with one attached hydrogen (secondary N) is 1. The first-order valence-corrected chi connectivity index (χ1v) is 8.70.